The lowest BCUT2D eigenvalue weighted by atomic mass is 10.1. The summed E-state index contributed by atoms with van der Waals surface area (Å²) in [5.41, 5.74) is 1.09. The van der Waals surface area contributed by atoms with Gasteiger partial charge in [0, 0.05) is 15.8 Å². The van der Waals surface area contributed by atoms with Crippen LogP contribution in [0.2, 0.25) is 0 Å². The first kappa shape index (κ1) is 14.4. The fourth-order valence-electron chi connectivity index (χ4n) is 2.31. The largest absolute Gasteiger partial charge is 0.298 e. The van der Waals surface area contributed by atoms with Crippen molar-refractivity contribution >= 4 is 22.7 Å². The Bertz CT molecular complexity index is 625. The van der Waals surface area contributed by atoms with Gasteiger partial charge in [-0.05, 0) is 47.5 Å². The summed E-state index contributed by atoms with van der Waals surface area (Å²) in [6.45, 7) is 2.11. The zero-order valence-electron chi connectivity index (χ0n) is 11.6. The van der Waals surface area contributed by atoms with Crippen molar-refractivity contribution in [3.8, 4) is 0 Å². The van der Waals surface area contributed by atoms with Crippen LogP contribution in [-0.4, -0.2) is 0 Å². The summed E-state index contributed by atoms with van der Waals surface area (Å²) in [6.07, 6.45) is 0. The van der Waals surface area contributed by atoms with Crippen LogP contribution in [-0.2, 0) is 0 Å². The molecule has 21 heavy (non-hydrogen) atoms. The van der Waals surface area contributed by atoms with E-state index in [4.69, 9.17) is 0 Å². The average molecular weight is 317 g/mol. The van der Waals surface area contributed by atoms with E-state index in [-0.39, 0.29) is 17.9 Å². The number of nitrogens with one attached hydrogen (secondary N) is 1. The van der Waals surface area contributed by atoms with E-state index in [0.29, 0.717) is 0 Å². The number of halogens is 1. The highest BCUT2D eigenvalue weighted by molar-refractivity contribution is 7.11. The lowest BCUT2D eigenvalue weighted by Gasteiger charge is -2.22. The summed E-state index contributed by atoms with van der Waals surface area (Å²) >= 11 is 3.51. The van der Waals surface area contributed by atoms with E-state index in [0.717, 1.165) is 5.56 Å². The van der Waals surface area contributed by atoms with E-state index in [9.17, 15) is 4.39 Å². The zero-order chi connectivity index (χ0) is 14.7. The fraction of sp³-hybridized carbons (Fsp3) is 0.176. The third-order valence-electron chi connectivity index (χ3n) is 3.44. The van der Waals surface area contributed by atoms with Crippen LogP contribution in [0.3, 0.4) is 0 Å². The maximum Gasteiger partial charge on any atom is 0.123 e. The quantitative estimate of drug-likeness (QED) is 0.665. The Morgan fingerprint density at radius 2 is 1.48 bits per heavy atom. The van der Waals surface area contributed by atoms with Crippen molar-refractivity contribution in [2.75, 3.05) is 0 Å². The first-order valence-electron chi connectivity index (χ1n) is 6.82. The van der Waals surface area contributed by atoms with Crippen LogP contribution < -0.4 is 5.32 Å². The van der Waals surface area contributed by atoms with Gasteiger partial charge in [-0.15, -0.1) is 22.7 Å². The third kappa shape index (κ3) is 3.40. The lowest BCUT2D eigenvalue weighted by molar-refractivity contribution is 0.525. The van der Waals surface area contributed by atoms with E-state index in [2.05, 4.69) is 47.3 Å². The van der Waals surface area contributed by atoms with Crippen molar-refractivity contribution in [3.63, 3.8) is 0 Å². The van der Waals surface area contributed by atoms with Gasteiger partial charge in [0.1, 0.15) is 5.82 Å². The van der Waals surface area contributed by atoms with Crippen LogP contribution in [0.25, 0.3) is 0 Å². The molecule has 1 atom stereocenters. The Labute approximate surface area is 132 Å². The summed E-state index contributed by atoms with van der Waals surface area (Å²) in [5, 5.41) is 7.85. The Hall–Kier alpha value is -1.49. The highest BCUT2D eigenvalue weighted by atomic mass is 32.1. The van der Waals surface area contributed by atoms with Crippen LogP contribution in [0.4, 0.5) is 4.39 Å². The standard InChI is InChI=1S/C17H16FNS2/c1-12(13-6-8-14(18)9-7-13)19-17(15-4-2-10-20-15)16-5-3-11-21-16/h2-12,17,19H,1H3/t12-/m0/s1. The van der Waals surface area contributed by atoms with E-state index in [1.54, 1.807) is 22.7 Å². The van der Waals surface area contributed by atoms with Crippen molar-refractivity contribution in [1.82, 2.24) is 5.32 Å². The van der Waals surface area contributed by atoms with Gasteiger partial charge in [0.05, 0.1) is 6.04 Å². The molecule has 0 aliphatic carbocycles. The summed E-state index contributed by atoms with van der Waals surface area (Å²) in [4.78, 5) is 2.60. The molecule has 0 fully saturated rings. The maximum atomic E-state index is 13.0. The molecule has 0 unspecified atom stereocenters. The van der Waals surface area contributed by atoms with Crippen molar-refractivity contribution in [2.45, 2.75) is 19.0 Å². The Morgan fingerprint density at radius 3 is 1.95 bits per heavy atom. The normalized spacial score (nSPS) is 12.7. The monoisotopic (exact) mass is 317 g/mol. The molecule has 4 heteroatoms. The highest BCUT2D eigenvalue weighted by Gasteiger charge is 2.19. The molecule has 0 aliphatic heterocycles. The maximum absolute atomic E-state index is 13.0. The number of hydrogen-bond donors (Lipinski definition) is 1. The fourth-order valence-corrected chi connectivity index (χ4v) is 3.99. The second kappa shape index (κ2) is 6.52. The molecule has 0 saturated carbocycles. The molecular weight excluding hydrogens is 301 g/mol. The Kier molecular flexibility index (Phi) is 4.48. The van der Waals surface area contributed by atoms with Crippen LogP contribution in [0.15, 0.2) is 59.3 Å². The van der Waals surface area contributed by atoms with E-state index < -0.39 is 0 Å². The Morgan fingerprint density at radius 1 is 0.905 bits per heavy atom. The number of hydrogen-bond acceptors (Lipinski definition) is 3. The molecule has 0 saturated heterocycles. The second-order valence-corrected chi connectivity index (χ2v) is 6.86. The summed E-state index contributed by atoms with van der Waals surface area (Å²) in [7, 11) is 0. The van der Waals surface area contributed by atoms with Gasteiger partial charge in [0.15, 0.2) is 0 Å². The minimum atomic E-state index is -0.195. The van der Waals surface area contributed by atoms with Gasteiger partial charge >= 0.3 is 0 Å². The van der Waals surface area contributed by atoms with Crippen LogP contribution >= 0.6 is 22.7 Å². The molecule has 0 radical (unpaired) electrons. The van der Waals surface area contributed by atoms with Gasteiger partial charge in [-0.2, -0.15) is 0 Å². The third-order valence-corrected chi connectivity index (χ3v) is 5.32. The molecule has 1 aromatic carbocycles. The highest BCUT2D eigenvalue weighted by Crippen LogP contribution is 2.31. The van der Waals surface area contributed by atoms with Gasteiger partial charge in [-0.25, -0.2) is 4.39 Å². The second-order valence-electron chi connectivity index (χ2n) is 4.90. The SMILES string of the molecule is C[C@H](NC(c1cccs1)c1cccs1)c1ccc(F)cc1. The molecule has 108 valence electrons. The molecule has 1 N–H and O–H groups in total. The number of benzene rings is 1. The summed E-state index contributed by atoms with van der Waals surface area (Å²) < 4.78 is 13.0. The molecule has 2 heterocycles. The molecule has 3 rings (SSSR count). The molecule has 2 aromatic heterocycles. The van der Waals surface area contributed by atoms with E-state index >= 15 is 0 Å². The zero-order valence-corrected chi connectivity index (χ0v) is 13.3. The lowest BCUT2D eigenvalue weighted by Crippen LogP contribution is -2.24. The van der Waals surface area contributed by atoms with Crippen molar-refractivity contribution < 1.29 is 4.39 Å². The van der Waals surface area contributed by atoms with Crippen molar-refractivity contribution in [1.29, 1.82) is 0 Å². The predicted molar refractivity (Wildman–Crippen MR) is 88.4 cm³/mol. The van der Waals surface area contributed by atoms with Gasteiger partial charge in [0.2, 0.25) is 0 Å². The van der Waals surface area contributed by atoms with Crippen LogP contribution in [0.5, 0.6) is 0 Å². The smallest absolute Gasteiger partial charge is 0.123 e. The summed E-state index contributed by atoms with van der Waals surface area (Å²) in [6, 6.07) is 15.5. The molecule has 0 aliphatic rings. The van der Waals surface area contributed by atoms with Crippen molar-refractivity contribution in [3.05, 3.63) is 80.4 Å². The van der Waals surface area contributed by atoms with Gasteiger partial charge in [-0.1, -0.05) is 24.3 Å². The predicted octanol–water partition coefficient (Wildman–Crippen LogP) is 5.39. The van der Waals surface area contributed by atoms with Gasteiger partial charge in [0.25, 0.3) is 0 Å². The first-order valence-corrected chi connectivity index (χ1v) is 8.58. The summed E-state index contributed by atoms with van der Waals surface area (Å²) in [5.74, 6) is -0.195. The molecular formula is C17H16FNS2. The minimum absolute atomic E-state index is 0.153. The van der Waals surface area contributed by atoms with E-state index in [1.807, 2.05) is 12.1 Å². The number of rotatable bonds is 5. The number of thiophene rings is 2. The van der Waals surface area contributed by atoms with Crippen LogP contribution in [0, 0.1) is 5.82 Å². The molecule has 0 amide bonds. The molecule has 0 bridgehead atoms. The van der Waals surface area contributed by atoms with Crippen molar-refractivity contribution in [2.24, 2.45) is 0 Å². The van der Waals surface area contributed by atoms with Gasteiger partial charge in [-0.3, -0.25) is 5.32 Å². The topological polar surface area (TPSA) is 12.0 Å². The first-order chi connectivity index (χ1) is 10.2. The van der Waals surface area contributed by atoms with Gasteiger partial charge < -0.3 is 0 Å². The van der Waals surface area contributed by atoms with E-state index in [1.165, 1.54) is 21.9 Å². The molecule has 1 nitrogen and oxygen atoms in total. The van der Waals surface area contributed by atoms with Crippen LogP contribution in [0.1, 0.15) is 34.3 Å². The average Bonchev–Trinajstić information content (AvgIpc) is 3.19. The molecule has 0 spiro atoms. The Balaban J connectivity index is 1.83. The minimum Gasteiger partial charge on any atom is -0.298 e. The molecule has 3 aromatic rings.